The van der Waals surface area contributed by atoms with Crippen LogP contribution in [0.25, 0.3) is 43.6 Å². The van der Waals surface area contributed by atoms with E-state index in [1.165, 1.54) is 38.5 Å². The summed E-state index contributed by atoms with van der Waals surface area (Å²) in [6, 6.07) is 15.1. The number of hydrogen-bond donors (Lipinski definition) is 0. The first-order chi connectivity index (χ1) is 26.3. The van der Waals surface area contributed by atoms with Crippen LogP contribution in [0.2, 0.25) is 10.0 Å². The fourth-order valence-electron chi connectivity index (χ4n) is 8.08. The van der Waals surface area contributed by atoms with Crippen molar-refractivity contribution in [3.05, 3.63) is 116 Å². The summed E-state index contributed by atoms with van der Waals surface area (Å²) < 4.78 is 13.1. The average Bonchev–Trinajstić information content (AvgIpc) is 3.79. The van der Waals surface area contributed by atoms with E-state index in [1.807, 2.05) is 36.4 Å². The second kappa shape index (κ2) is 17.4. The average molecular weight is 768 g/mol. The number of rotatable bonds is 18. The molecule has 0 fully saturated rings. The van der Waals surface area contributed by atoms with Gasteiger partial charge in [0.1, 0.15) is 24.8 Å². The summed E-state index contributed by atoms with van der Waals surface area (Å²) in [7, 11) is 4.10. The minimum atomic E-state index is -0.0548. The number of nitrogens with zero attached hydrogens (tertiary/aromatic N) is 6. The number of pyridine rings is 2. The Morgan fingerprint density at radius 1 is 0.463 bits per heavy atom. The zero-order chi connectivity index (χ0) is 37.6. The Morgan fingerprint density at radius 2 is 0.815 bits per heavy atom. The lowest BCUT2D eigenvalue weighted by molar-refractivity contribution is -0.671. The molecule has 0 unspecified atom stereocenters. The molecule has 10 heteroatoms. The highest BCUT2D eigenvalue weighted by atomic mass is 35.5. The number of hydrogen-bond acceptors (Lipinski definition) is 2. The minimum absolute atomic E-state index is 0.0548. The predicted octanol–water partition coefficient (Wildman–Crippen LogP) is 9.26. The van der Waals surface area contributed by atoms with E-state index >= 15 is 0 Å². The molecule has 0 N–H and O–H groups in total. The van der Waals surface area contributed by atoms with Crippen LogP contribution < -0.4 is 20.0 Å². The molecular weight excluding hydrogens is 715 g/mol. The van der Waals surface area contributed by atoms with E-state index in [0.717, 1.165) is 86.8 Å². The maximum absolute atomic E-state index is 14.2. The lowest BCUT2D eigenvalue weighted by Gasteiger charge is -2.19. The molecule has 7 rings (SSSR count). The zero-order valence-electron chi connectivity index (χ0n) is 31.7. The maximum atomic E-state index is 14.2. The molecule has 7 aromatic rings. The Balaban J connectivity index is 1.12. The van der Waals surface area contributed by atoms with Gasteiger partial charge in [0, 0.05) is 44.7 Å². The van der Waals surface area contributed by atoms with Crippen molar-refractivity contribution in [2.75, 3.05) is 0 Å². The summed E-state index contributed by atoms with van der Waals surface area (Å²) >= 11 is 12.9. The van der Waals surface area contributed by atoms with Gasteiger partial charge in [-0.3, -0.25) is 9.59 Å². The highest BCUT2D eigenvalue weighted by molar-refractivity contribution is 6.31. The number of fused-ring (bicyclic) bond motifs is 4. The Kier molecular flexibility index (Phi) is 12.2. The van der Waals surface area contributed by atoms with Gasteiger partial charge in [-0.25, -0.2) is 18.3 Å². The van der Waals surface area contributed by atoms with Crippen LogP contribution in [0.5, 0.6) is 0 Å². The summed E-state index contributed by atoms with van der Waals surface area (Å²) in [5.74, 6) is 0. The highest BCUT2D eigenvalue weighted by Gasteiger charge is 2.18. The number of halogens is 2. The Labute approximate surface area is 326 Å². The summed E-state index contributed by atoms with van der Waals surface area (Å²) in [5.41, 5.74) is 3.17. The predicted molar refractivity (Wildman–Crippen MR) is 222 cm³/mol. The Bertz CT molecular complexity index is 2350. The van der Waals surface area contributed by atoms with E-state index in [0.29, 0.717) is 31.6 Å². The quantitative estimate of drug-likeness (QED) is 0.0497. The van der Waals surface area contributed by atoms with Crippen LogP contribution in [0.1, 0.15) is 77.0 Å². The van der Waals surface area contributed by atoms with E-state index in [9.17, 15) is 9.59 Å². The molecule has 0 atom stereocenters. The second-order valence-electron chi connectivity index (χ2n) is 15.0. The first-order valence-corrected chi connectivity index (χ1v) is 20.5. The van der Waals surface area contributed by atoms with Gasteiger partial charge >= 0.3 is 0 Å². The van der Waals surface area contributed by atoms with Crippen molar-refractivity contribution < 1.29 is 9.13 Å². The lowest BCUT2D eigenvalue weighted by atomic mass is 10.0. The standard InChI is InChI=1S/C44H52Cl2N6O2/c1-47-23-25-49(31-47)19-11-7-3-5-9-13-21-51-39-17-15-33(45)27-35(39)43(53)37-30-42-38(29-41(37)51)44(54)36-28-34(46)16-18-40(36)52(42)22-14-10-6-4-8-12-20-50-26-24-48(2)32-50/h15-18,23-32H,3-14,19-22H2,1-2H3/q+2. The number of aryl methyl sites for hydroxylation is 6. The van der Waals surface area contributed by atoms with E-state index in [-0.39, 0.29) is 10.9 Å². The van der Waals surface area contributed by atoms with Crippen molar-refractivity contribution in [2.24, 2.45) is 14.1 Å². The van der Waals surface area contributed by atoms with Crippen molar-refractivity contribution in [2.45, 2.75) is 103 Å². The lowest BCUT2D eigenvalue weighted by Crippen LogP contribution is -2.23. The fourth-order valence-corrected chi connectivity index (χ4v) is 8.42. The molecule has 4 aromatic heterocycles. The van der Waals surface area contributed by atoms with Crippen molar-refractivity contribution in [3.8, 4) is 0 Å². The summed E-state index contributed by atoms with van der Waals surface area (Å²) in [6.07, 6.45) is 26.2. The molecule has 282 valence electrons. The Hall–Kier alpha value is -4.40. The van der Waals surface area contributed by atoms with Crippen LogP contribution in [0.3, 0.4) is 0 Å². The minimum Gasteiger partial charge on any atom is -0.340 e. The van der Waals surface area contributed by atoms with Gasteiger partial charge in [0.15, 0.2) is 10.9 Å². The first-order valence-electron chi connectivity index (χ1n) is 19.7. The van der Waals surface area contributed by atoms with Gasteiger partial charge in [-0.05, 0) is 87.1 Å². The third-order valence-corrected chi connectivity index (χ3v) is 11.4. The van der Waals surface area contributed by atoms with Crippen LogP contribution in [0.4, 0.5) is 0 Å². The molecule has 0 saturated heterocycles. The van der Waals surface area contributed by atoms with Crippen molar-refractivity contribution in [1.82, 2.24) is 18.3 Å². The molecule has 0 spiro atoms. The molecule has 0 aliphatic heterocycles. The molecule has 4 heterocycles. The van der Waals surface area contributed by atoms with Crippen molar-refractivity contribution in [1.29, 1.82) is 0 Å². The number of unbranched alkanes of at least 4 members (excludes halogenated alkanes) is 10. The van der Waals surface area contributed by atoms with Gasteiger partial charge < -0.3 is 9.13 Å². The normalized spacial score (nSPS) is 11.9. The van der Waals surface area contributed by atoms with Crippen LogP contribution in [-0.4, -0.2) is 18.3 Å². The molecule has 0 bridgehead atoms. The molecular formula is C44H52Cl2N6O2+2. The number of aromatic nitrogens is 6. The van der Waals surface area contributed by atoms with Crippen LogP contribution in [-0.2, 0) is 40.3 Å². The van der Waals surface area contributed by atoms with E-state index in [4.69, 9.17) is 23.2 Å². The van der Waals surface area contributed by atoms with E-state index < -0.39 is 0 Å². The molecule has 0 amide bonds. The molecule has 54 heavy (non-hydrogen) atoms. The third-order valence-electron chi connectivity index (χ3n) is 10.9. The van der Waals surface area contributed by atoms with Crippen LogP contribution in [0, 0.1) is 0 Å². The Morgan fingerprint density at radius 3 is 1.19 bits per heavy atom. The zero-order valence-corrected chi connectivity index (χ0v) is 33.2. The summed E-state index contributed by atoms with van der Waals surface area (Å²) in [6.45, 7) is 3.59. The molecule has 8 nitrogen and oxygen atoms in total. The van der Waals surface area contributed by atoms with Gasteiger partial charge in [-0.1, -0.05) is 61.7 Å². The van der Waals surface area contributed by atoms with Gasteiger partial charge in [0.05, 0.1) is 49.3 Å². The van der Waals surface area contributed by atoms with Crippen molar-refractivity contribution >= 4 is 66.8 Å². The monoisotopic (exact) mass is 766 g/mol. The largest absolute Gasteiger partial charge is 0.340 e. The fraction of sp³-hybridized carbons (Fsp3) is 0.409. The SMILES string of the molecule is C[n+]1ccn(CCCCCCCCn2c3ccc(Cl)cc3c(=O)c3cc4c(cc32)c(=O)c2cc(Cl)ccc2n4CCCCCCCCn2cc[n+](C)c2)c1. The van der Waals surface area contributed by atoms with E-state index in [2.05, 4.69) is 78.9 Å². The van der Waals surface area contributed by atoms with E-state index in [1.54, 1.807) is 12.1 Å². The third kappa shape index (κ3) is 8.61. The van der Waals surface area contributed by atoms with Gasteiger partial charge in [0.25, 0.3) is 0 Å². The molecule has 0 saturated carbocycles. The van der Waals surface area contributed by atoms with Crippen molar-refractivity contribution in [3.63, 3.8) is 0 Å². The molecule has 0 aliphatic rings. The van der Waals surface area contributed by atoms with Crippen LogP contribution >= 0.6 is 23.2 Å². The molecule has 0 aliphatic carbocycles. The topological polar surface area (TPSA) is 61.6 Å². The smallest absolute Gasteiger partial charge is 0.243 e. The number of imidazole rings is 2. The van der Waals surface area contributed by atoms with Crippen LogP contribution in [0.15, 0.2) is 95.6 Å². The summed E-state index contributed by atoms with van der Waals surface area (Å²) in [4.78, 5) is 28.4. The maximum Gasteiger partial charge on any atom is 0.243 e. The summed E-state index contributed by atoms with van der Waals surface area (Å²) in [5, 5.41) is 3.54. The molecule has 3 aromatic carbocycles. The van der Waals surface area contributed by atoms with Gasteiger partial charge in [-0.15, -0.1) is 0 Å². The highest BCUT2D eigenvalue weighted by Crippen LogP contribution is 2.29. The number of benzene rings is 3. The molecule has 0 radical (unpaired) electrons. The van der Waals surface area contributed by atoms with Gasteiger partial charge in [-0.2, -0.15) is 0 Å². The van der Waals surface area contributed by atoms with Gasteiger partial charge in [0.2, 0.25) is 12.7 Å². The second-order valence-corrected chi connectivity index (χ2v) is 15.9. The first kappa shape index (κ1) is 37.9.